The van der Waals surface area contributed by atoms with Crippen molar-refractivity contribution in [3.8, 4) is 5.75 Å². The van der Waals surface area contributed by atoms with E-state index in [9.17, 15) is 9.18 Å². The lowest BCUT2D eigenvalue weighted by molar-refractivity contribution is -0.124. The molecule has 4 nitrogen and oxygen atoms in total. The highest BCUT2D eigenvalue weighted by atomic mass is 19.1. The maximum atomic E-state index is 13.8. The van der Waals surface area contributed by atoms with E-state index >= 15 is 0 Å². The van der Waals surface area contributed by atoms with Gasteiger partial charge in [-0.25, -0.2) is 4.39 Å². The zero-order valence-corrected chi connectivity index (χ0v) is 12.4. The van der Waals surface area contributed by atoms with Crippen LogP contribution >= 0.6 is 0 Å². The van der Waals surface area contributed by atoms with Gasteiger partial charge in [0.25, 0.3) is 5.91 Å². The Morgan fingerprint density at radius 3 is 2.76 bits per heavy atom. The Bertz CT molecular complexity index is 485. The van der Waals surface area contributed by atoms with Crippen LogP contribution in [0.5, 0.6) is 5.75 Å². The number of carbonyl (C=O) groups excluding carboxylic acids is 1. The van der Waals surface area contributed by atoms with Gasteiger partial charge < -0.3 is 15.8 Å². The Morgan fingerprint density at radius 1 is 1.43 bits per heavy atom. The van der Waals surface area contributed by atoms with E-state index in [-0.39, 0.29) is 30.3 Å². The van der Waals surface area contributed by atoms with Gasteiger partial charge in [-0.2, -0.15) is 0 Å². The Kier molecular flexibility index (Phi) is 5.56. The number of amides is 1. The van der Waals surface area contributed by atoms with Crippen molar-refractivity contribution in [3.05, 3.63) is 29.6 Å². The number of halogens is 1. The molecule has 0 spiro atoms. The molecule has 5 heteroatoms. The molecule has 21 heavy (non-hydrogen) atoms. The van der Waals surface area contributed by atoms with Gasteiger partial charge in [-0.3, -0.25) is 4.79 Å². The molecule has 2 rings (SSSR count). The van der Waals surface area contributed by atoms with Gasteiger partial charge in [-0.05, 0) is 37.5 Å². The summed E-state index contributed by atoms with van der Waals surface area (Å²) in [7, 11) is 0. The van der Waals surface area contributed by atoms with Crippen molar-refractivity contribution >= 4 is 5.91 Å². The zero-order valence-electron chi connectivity index (χ0n) is 12.4. The van der Waals surface area contributed by atoms with Crippen LogP contribution in [-0.4, -0.2) is 18.6 Å². The molecule has 1 aliphatic rings. The van der Waals surface area contributed by atoms with E-state index < -0.39 is 5.82 Å². The number of nitrogens with two attached hydrogens (primary N) is 1. The Balaban J connectivity index is 1.83. The first kappa shape index (κ1) is 15.8. The number of hydrogen-bond donors (Lipinski definition) is 2. The van der Waals surface area contributed by atoms with Crippen LogP contribution in [0.4, 0.5) is 4.39 Å². The minimum Gasteiger partial charge on any atom is -0.481 e. The smallest absolute Gasteiger partial charge is 0.258 e. The molecule has 0 aliphatic heterocycles. The quantitative estimate of drug-likeness (QED) is 0.877. The lowest BCUT2D eigenvalue weighted by Gasteiger charge is -2.22. The number of ether oxygens (including phenoxy) is 1. The van der Waals surface area contributed by atoms with Gasteiger partial charge in [0, 0.05) is 12.1 Å². The van der Waals surface area contributed by atoms with Crippen LogP contribution in [0.1, 0.15) is 50.6 Å². The second-order valence-corrected chi connectivity index (χ2v) is 5.67. The normalized spacial score (nSPS) is 17.3. The van der Waals surface area contributed by atoms with Crippen LogP contribution in [0, 0.1) is 5.82 Å². The predicted molar refractivity (Wildman–Crippen MR) is 79.5 cm³/mol. The SMILES string of the molecule is CC(N)c1ccc(OCC(=O)NC2CCCCC2)c(F)c1. The van der Waals surface area contributed by atoms with Crippen LogP contribution in [0.3, 0.4) is 0 Å². The molecule has 1 saturated carbocycles. The molecule has 1 unspecified atom stereocenters. The number of hydrogen-bond acceptors (Lipinski definition) is 3. The highest BCUT2D eigenvalue weighted by Gasteiger charge is 2.16. The third kappa shape index (κ3) is 4.70. The highest BCUT2D eigenvalue weighted by molar-refractivity contribution is 5.77. The van der Waals surface area contributed by atoms with E-state index in [0.29, 0.717) is 5.56 Å². The molecule has 1 aromatic carbocycles. The maximum Gasteiger partial charge on any atom is 0.258 e. The number of benzene rings is 1. The molecule has 116 valence electrons. The summed E-state index contributed by atoms with van der Waals surface area (Å²) >= 11 is 0. The number of nitrogens with one attached hydrogen (secondary N) is 1. The van der Waals surface area contributed by atoms with Crippen LogP contribution < -0.4 is 15.8 Å². The molecule has 0 radical (unpaired) electrons. The summed E-state index contributed by atoms with van der Waals surface area (Å²) in [6, 6.07) is 4.58. The van der Waals surface area contributed by atoms with Crippen molar-refractivity contribution < 1.29 is 13.9 Å². The largest absolute Gasteiger partial charge is 0.481 e. The van der Waals surface area contributed by atoms with E-state index in [0.717, 1.165) is 25.7 Å². The van der Waals surface area contributed by atoms with Crippen LogP contribution in [0.25, 0.3) is 0 Å². The molecule has 0 heterocycles. The van der Waals surface area contributed by atoms with Crippen molar-refractivity contribution in [1.82, 2.24) is 5.32 Å². The molecule has 1 amide bonds. The van der Waals surface area contributed by atoms with Gasteiger partial charge in [0.05, 0.1) is 0 Å². The monoisotopic (exact) mass is 294 g/mol. The summed E-state index contributed by atoms with van der Waals surface area (Å²) in [5, 5.41) is 2.93. The third-order valence-corrected chi connectivity index (χ3v) is 3.81. The first-order chi connectivity index (χ1) is 10.1. The van der Waals surface area contributed by atoms with Crippen molar-refractivity contribution in [2.45, 2.75) is 51.1 Å². The Hall–Kier alpha value is -1.62. The standard InChI is InChI=1S/C16H23FN2O2/c1-11(18)12-7-8-15(14(17)9-12)21-10-16(20)19-13-5-3-2-4-6-13/h7-9,11,13H,2-6,10,18H2,1H3,(H,19,20). The lowest BCUT2D eigenvalue weighted by Crippen LogP contribution is -2.39. The lowest BCUT2D eigenvalue weighted by atomic mass is 9.95. The molecule has 1 fully saturated rings. The molecular formula is C16H23FN2O2. The number of rotatable bonds is 5. The van der Waals surface area contributed by atoms with Gasteiger partial charge in [-0.1, -0.05) is 25.3 Å². The molecule has 3 N–H and O–H groups in total. The summed E-state index contributed by atoms with van der Waals surface area (Å²) in [5.74, 6) is -0.606. The van der Waals surface area contributed by atoms with E-state index in [1.54, 1.807) is 13.0 Å². The summed E-state index contributed by atoms with van der Waals surface area (Å²) in [4.78, 5) is 11.8. The Morgan fingerprint density at radius 2 is 2.14 bits per heavy atom. The molecule has 1 atom stereocenters. The van der Waals surface area contributed by atoms with Crippen molar-refractivity contribution in [3.63, 3.8) is 0 Å². The van der Waals surface area contributed by atoms with E-state index in [2.05, 4.69) is 5.32 Å². The van der Waals surface area contributed by atoms with Crippen molar-refractivity contribution in [2.75, 3.05) is 6.61 Å². The van der Waals surface area contributed by atoms with Gasteiger partial charge in [0.1, 0.15) is 0 Å². The van der Waals surface area contributed by atoms with E-state index in [1.165, 1.54) is 18.6 Å². The minimum atomic E-state index is -0.490. The van der Waals surface area contributed by atoms with Crippen molar-refractivity contribution in [1.29, 1.82) is 0 Å². The first-order valence-corrected chi connectivity index (χ1v) is 7.53. The fourth-order valence-electron chi connectivity index (χ4n) is 2.58. The average Bonchev–Trinajstić information content (AvgIpc) is 2.47. The van der Waals surface area contributed by atoms with E-state index in [1.807, 2.05) is 0 Å². The average molecular weight is 294 g/mol. The molecule has 0 aromatic heterocycles. The molecule has 1 aromatic rings. The molecule has 0 bridgehead atoms. The summed E-state index contributed by atoms with van der Waals surface area (Å²) in [5.41, 5.74) is 6.39. The minimum absolute atomic E-state index is 0.0817. The van der Waals surface area contributed by atoms with Gasteiger partial charge in [0.15, 0.2) is 18.2 Å². The highest BCUT2D eigenvalue weighted by Crippen LogP contribution is 2.21. The molecular weight excluding hydrogens is 271 g/mol. The summed E-state index contributed by atoms with van der Waals surface area (Å²) in [6.45, 7) is 1.62. The molecule has 1 aliphatic carbocycles. The fourth-order valence-corrected chi connectivity index (χ4v) is 2.58. The summed E-state index contributed by atoms with van der Waals surface area (Å²) < 4.78 is 19.1. The van der Waals surface area contributed by atoms with Gasteiger partial charge in [0.2, 0.25) is 0 Å². The zero-order chi connectivity index (χ0) is 15.2. The topological polar surface area (TPSA) is 64.3 Å². The fraction of sp³-hybridized carbons (Fsp3) is 0.562. The third-order valence-electron chi connectivity index (χ3n) is 3.81. The molecule has 0 saturated heterocycles. The van der Waals surface area contributed by atoms with Crippen LogP contribution in [0.15, 0.2) is 18.2 Å². The van der Waals surface area contributed by atoms with Gasteiger partial charge >= 0.3 is 0 Å². The van der Waals surface area contributed by atoms with Crippen molar-refractivity contribution in [2.24, 2.45) is 5.73 Å². The first-order valence-electron chi connectivity index (χ1n) is 7.53. The summed E-state index contributed by atoms with van der Waals surface area (Å²) in [6.07, 6.45) is 5.57. The Labute approximate surface area is 124 Å². The second-order valence-electron chi connectivity index (χ2n) is 5.67. The predicted octanol–water partition coefficient (Wildman–Crippen LogP) is 2.67. The maximum absolute atomic E-state index is 13.8. The van der Waals surface area contributed by atoms with Crippen LogP contribution in [0.2, 0.25) is 0 Å². The van der Waals surface area contributed by atoms with Gasteiger partial charge in [-0.15, -0.1) is 0 Å². The van der Waals surface area contributed by atoms with E-state index in [4.69, 9.17) is 10.5 Å². The number of carbonyl (C=O) groups is 1. The second kappa shape index (κ2) is 7.41. The van der Waals surface area contributed by atoms with Crippen LogP contribution in [-0.2, 0) is 4.79 Å².